The molecule has 1 aliphatic carbocycles. The van der Waals surface area contributed by atoms with Crippen LogP contribution in [0.25, 0.3) is 0 Å². The summed E-state index contributed by atoms with van der Waals surface area (Å²) in [4.78, 5) is 13.6. The molecule has 0 amide bonds. The fraction of sp³-hybridized carbons (Fsp3) is 0.375. The van der Waals surface area contributed by atoms with Gasteiger partial charge in [-0.05, 0) is 18.9 Å². The molecule has 1 N–H and O–H groups in total. The fourth-order valence-electron chi connectivity index (χ4n) is 1.25. The van der Waals surface area contributed by atoms with Crippen LogP contribution in [0.4, 0.5) is 11.5 Å². The third-order valence-electron chi connectivity index (χ3n) is 2.24. The minimum atomic E-state index is -3.59. The Bertz CT molecular complexity index is 570. The summed E-state index contributed by atoms with van der Waals surface area (Å²) in [5, 5.41) is 10.2. The average molecular weight is 278 g/mol. The van der Waals surface area contributed by atoms with Crippen LogP contribution in [0.2, 0.25) is 5.15 Å². The van der Waals surface area contributed by atoms with Gasteiger partial charge in [0.05, 0.1) is 10.2 Å². The molecule has 1 fully saturated rings. The molecule has 0 aliphatic heterocycles. The molecule has 0 radical (unpaired) electrons. The van der Waals surface area contributed by atoms with Crippen LogP contribution in [0, 0.1) is 10.1 Å². The van der Waals surface area contributed by atoms with Crippen LogP contribution in [-0.2, 0) is 10.0 Å². The van der Waals surface area contributed by atoms with Crippen molar-refractivity contribution in [3.8, 4) is 0 Å². The highest BCUT2D eigenvalue weighted by Crippen LogP contribution is 2.32. The second-order valence-corrected chi connectivity index (χ2v) is 5.95. The van der Waals surface area contributed by atoms with Gasteiger partial charge < -0.3 is 0 Å². The van der Waals surface area contributed by atoms with Crippen molar-refractivity contribution in [2.75, 3.05) is 4.72 Å². The number of hydrogen-bond acceptors (Lipinski definition) is 5. The lowest BCUT2D eigenvalue weighted by Crippen LogP contribution is -2.19. The number of nitrogens with one attached hydrogen (secondary N) is 1. The van der Waals surface area contributed by atoms with Crippen molar-refractivity contribution in [1.82, 2.24) is 4.98 Å². The third kappa shape index (κ3) is 2.64. The standard InChI is InChI=1S/C8H8ClN3O4S/c9-7-4-3-6(12(13)14)8(10-7)11-17(15,16)5-1-2-5/h3-5H,1-2H2,(H,10,11). The van der Waals surface area contributed by atoms with E-state index in [9.17, 15) is 18.5 Å². The third-order valence-corrected chi connectivity index (χ3v) is 4.28. The maximum absolute atomic E-state index is 11.6. The Morgan fingerprint density at radius 3 is 2.65 bits per heavy atom. The molecule has 1 aromatic rings. The SMILES string of the molecule is O=[N+]([O-])c1ccc(Cl)nc1NS(=O)(=O)C1CC1. The first-order valence-electron chi connectivity index (χ1n) is 4.73. The Morgan fingerprint density at radius 2 is 2.12 bits per heavy atom. The minimum absolute atomic E-state index is 0.0101. The average Bonchev–Trinajstić information content (AvgIpc) is 2.99. The van der Waals surface area contributed by atoms with Crippen molar-refractivity contribution in [2.24, 2.45) is 0 Å². The van der Waals surface area contributed by atoms with E-state index >= 15 is 0 Å². The van der Waals surface area contributed by atoms with Gasteiger partial charge in [-0.3, -0.25) is 14.8 Å². The first-order chi connectivity index (χ1) is 7.90. The van der Waals surface area contributed by atoms with E-state index in [-0.39, 0.29) is 11.0 Å². The van der Waals surface area contributed by atoms with Gasteiger partial charge in [0.2, 0.25) is 15.8 Å². The van der Waals surface area contributed by atoms with Crippen molar-refractivity contribution in [3.63, 3.8) is 0 Å². The van der Waals surface area contributed by atoms with Crippen LogP contribution in [0.5, 0.6) is 0 Å². The molecule has 17 heavy (non-hydrogen) atoms. The molecular weight excluding hydrogens is 270 g/mol. The first-order valence-corrected chi connectivity index (χ1v) is 6.65. The quantitative estimate of drug-likeness (QED) is 0.511. The molecule has 1 aromatic heterocycles. The highest BCUT2D eigenvalue weighted by molar-refractivity contribution is 7.93. The number of nitrogens with zero attached hydrogens (tertiary/aromatic N) is 2. The molecule has 92 valence electrons. The molecule has 1 heterocycles. The molecular formula is C8H8ClN3O4S. The van der Waals surface area contributed by atoms with Crippen molar-refractivity contribution < 1.29 is 13.3 Å². The van der Waals surface area contributed by atoms with E-state index in [1.165, 1.54) is 6.07 Å². The molecule has 0 aromatic carbocycles. The maximum atomic E-state index is 11.6. The van der Waals surface area contributed by atoms with Gasteiger partial charge in [-0.2, -0.15) is 0 Å². The predicted molar refractivity (Wildman–Crippen MR) is 61.5 cm³/mol. The van der Waals surface area contributed by atoms with Crippen LogP contribution in [0.1, 0.15) is 12.8 Å². The Kier molecular flexibility index (Phi) is 2.92. The second kappa shape index (κ2) is 4.11. The van der Waals surface area contributed by atoms with Crippen molar-refractivity contribution >= 4 is 33.1 Å². The van der Waals surface area contributed by atoms with E-state index in [2.05, 4.69) is 9.71 Å². The lowest BCUT2D eigenvalue weighted by atomic mass is 10.4. The molecule has 7 nitrogen and oxygen atoms in total. The van der Waals surface area contributed by atoms with Gasteiger partial charge in [0.25, 0.3) is 0 Å². The molecule has 1 aliphatic rings. The van der Waals surface area contributed by atoms with Crippen molar-refractivity contribution in [2.45, 2.75) is 18.1 Å². The van der Waals surface area contributed by atoms with E-state index in [4.69, 9.17) is 11.6 Å². The van der Waals surface area contributed by atoms with Gasteiger partial charge in [-0.1, -0.05) is 11.6 Å². The second-order valence-electron chi connectivity index (χ2n) is 3.61. The molecule has 0 spiro atoms. The lowest BCUT2D eigenvalue weighted by Gasteiger charge is -2.06. The smallest absolute Gasteiger partial charge is 0.261 e. The molecule has 0 atom stereocenters. The van der Waals surface area contributed by atoms with Gasteiger partial charge in [0.1, 0.15) is 5.15 Å². The van der Waals surface area contributed by atoms with E-state index in [1.807, 2.05) is 0 Å². The van der Waals surface area contributed by atoms with Crippen molar-refractivity contribution in [1.29, 1.82) is 0 Å². The van der Waals surface area contributed by atoms with Gasteiger partial charge in [0, 0.05) is 6.07 Å². The number of aromatic nitrogens is 1. The number of nitro groups is 1. The number of halogens is 1. The summed E-state index contributed by atoms with van der Waals surface area (Å²) in [7, 11) is -3.59. The first kappa shape index (κ1) is 12.1. The minimum Gasteiger partial charge on any atom is -0.261 e. The van der Waals surface area contributed by atoms with E-state index in [0.29, 0.717) is 12.8 Å². The van der Waals surface area contributed by atoms with Gasteiger partial charge in [-0.15, -0.1) is 0 Å². The summed E-state index contributed by atoms with van der Waals surface area (Å²) in [5.74, 6) is -0.339. The molecule has 0 saturated heterocycles. The molecule has 9 heteroatoms. The Labute approximate surface area is 102 Å². The van der Waals surface area contributed by atoms with E-state index in [0.717, 1.165) is 6.07 Å². The number of pyridine rings is 1. The van der Waals surface area contributed by atoms with Crippen LogP contribution < -0.4 is 4.72 Å². The summed E-state index contributed by atoms with van der Waals surface area (Å²) in [6.45, 7) is 0. The van der Waals surface area contributed by atoms with Crippen LogP contribution in [0.3, 0.4) is 0 Å². The molecule has 0 bridgehead atoms. The molecule has 0 unspecified atom stereocenters. The van der Waals surface area contributed by atoms with Crippen LogP contribution in [0.15, 0.2) is 12.1 Å². The molecule has 1 saturated carbocycles. The Hall–Kier alpha value is -1.41. The monoisotopic (exact) mass is 277 g/mol. The number of anilines is 1. The highest BCUT2D eigenvalue weighted by Gasteiger charge is 2.37. The zero-order chi connectivity index (χ0) is 12.6. The zero-order valence-electron chi connectivity index (χ0n) is 8.46. The van der Waals surface area contributed by atoms with Crippen LogP contribution >= 0.6 is 11.6 Å². The van der Waals surface area contributed by atoms with E-state index in [1.54, 1.807) is 0 Å². The van der Waals surface area contributed by atoms with Gasteiger partial charge in [0.15, 0.2) is 0 Å². The Balaban J connectivity index is 2.37. The maximum Gasteiger partial charge on any atom is 0.312 e. The van der Waals surface area contributed by atoms with Crippen molar-refractivity contribution in [3.05, 3.63) is 27.4 Å². The highest BCUT2D eigenvalue weighted by atomic mass is 35.5. The topological polar surface area (TPSA) is 102 Å². The zero-order valence-corrected chi connectivity index (χ0v) is 10.0. The largest absolute Gasteiger partial charge is 0.312 e. The van der Waals surface area contributed by atoms with Gasteiger partial charge >= 0.3 is 5.69 Å². The summed E-state index contributed by atoms with van der Waals surface area (Å²) in [5.41, 5.74) is -0.418. The summed E-state index contributed by atoms with van der Waals surface area (Å²) < 4.78 is 25.4. The predicted octanol–water partition coefficient (Wildman–Crippen LogP) is 1.55. The number of rotatable bonds is 4. The van der Waals surface area contributed by atoms with Crippen LogP contribution in [-0.4, -0.2) is 23.6 Å². The number of sulfonamides is 1. The van der Waals surface area contributed by atoms with Gasteiger partial charge in [-0.25, -0.2) is 13.4 Å². The summed E-state index contributed by atoms with van der Waals surface area (Å²) >= 11 is 5.58. The summed E-state index contributed by atoms with van der Waals surface area (Å²) in [6, 6.07) is 2.34. The summed E-state index contributed by atoms with van der Waals surface area (Å²) in [6.07, 6.45) is 1.12. The lowest BCUT2D eigenvalue weighted by molar-refractivity contribution is -0.384. The number of hydrogen-bond donors (Lipinski definition) is 1. The van der Waals surface area contributed by atoms with E-state index < -0.39 is 25.9 Å². The normalized spacial score (nSPS) is 15.6. The Morgan fingerprint density at radius 1 is 1.47 bits per heavy atom. The fourth-order valence-corrected chi connectivity index (χ4v) is 2.74. The molecule has 2 rings (SSSR count).